The molecular weight excluding hydrogens is 270 g/mol. The lowest BCUT2D eigenvalue weighted by Crippen LogP contribution is -2.25. The Kier molecular flexibility index (Phi) is 6.29. The van der Waals surface area contributed by atoms with Crippen LogP contribution in [0.5, 0.6) is 0 Å². The molecule has 1 heterocycles. The smallest absolute Gasteiger partial charge is 0.261 e. The Hall–Kier alpha value is -0.590. The Labute approximate surface area is 117 Å². The zero-order chi connectivity index (χ0) is 14.5. The molecule has 1 aromatic heterocycles. The Morgan fingerprint density at radius 1 is 1.42 bits per heavy atom. The minimum absolute atomic E-state index is 0.0409. The number of ether oxygens (including phenoxy) is 1. The average molecular weight is 292 g/mol. The third-order valence-electron chi connectivity index (χ3n) is 2.63. The minimum atomic E-state index is -2.41. The molecule has 0 spiro atoms. The molecule has 1 unspecified atom stereocenters. The summed E-state index contributed by atoms with van der Waals surface area (Å²) in [6.45, 7) is 6.10. The summed E-state index contributed by atoms with van der Waals surface area (Å²) in [5.41, 5.74) is 7.04. The number of aromatic nitrogens is 1. The number of thiazole rings is 1. The molecule has 2 N–H and O–H groups in total. The minimum Gasteiger partial charge on any atom is -0.375 e. The lowest BCUT2D eigenvalue weighted by atomic mass is 9.93. The SMILES string of the molecule is CC(C)(C)c1csc(CC(N)CCOCC(F)F)n1. The van der Waals surface area contributed by atoms with Gasteiger partial charge >= 0.3 is 0 Å². The molecule has 1 rings (SSSR count). The quantitative estimate of drug-likeness (QED) is 0.786. The summed E-state index contributed by atoms with van der Waals surface area (Å²) >= 11 is 1.60. The zero-order valence-corrected chi connectivity index (χ0v) is 12.5. The molecule has 0 fully saturated rings. The maximum absolute atomic E-state index is 11.9. The summed E-state index contributed by atoms with van der Waals surface area (Å²) in [6, 6.07) is -0.100. The van der Waals surface area contributed by atoms with Crippen molar-refractivity contribution in [2.45, 2.75) is 51.5 Å². The first-order valence-corrected chi connectivity index (χ1v) is 7.23. The molecule has 6 heteroatoms. The Morgan fingerprint density at radius 2 is 2.11 bits per heavy atom. The molecule has 0 radical (unpaired) electrons. The maximum atomic E-state index is 11.9. The van der Waals surface area contributed by atoms with Crippen LogP contribution in [0.2, 0.25) is 0 Å². The predicted octanol–water partition coefficient (Wildman–Crippen LogP) is 2.98. The van der Waals surface area contributed by atoms with Crippen molar-refractivity contribution in [3.63, 3.8) is 0 Å². The van der Waals surface area contributed by atoms with Gasteiger partial charge in [-0.3, -0.25) is 0 Å². The summed E-state index contributed by atoms with van der Waals surface area (Å²) in [6.07, 6.45) is -1.18. The van der Waals surface area contributed by atoms with E-state index in [0.717, 1.165) is 10.7 Å². The molecule has 1 atom stereocenters. The van der Waals surface area contributed by atoms with Crippen LogP contribution in [-0.4, -0.2) is 30.7 Å². The van der Waals surface area contributed by atoms with Crippen molar-refractivity contribution in [1.29, 1.82) is 0 Å². The normalized spacial score (nSPS) is 14.1. The first-order valence-electron chi connectivity index (χ1n) is 6.35. The van der Waals surface area contributed by atoms with Gasteiger partial charge in [-0.2, -0.15) is 0 Å². The molecule has 0 amide bonds. The summed E-state index contributed by atoms with van der Waals surface area (Å²) in [4.78, 5) is 4.56. The van der Waals surface area contributed by atoms with Crippen molar-refractivity contribution in [3.8, 4) is 0 Å². The summed E-state index contributed by atoms with van der Waals surface area (Å²) in [5.74, 6) is 0. The van der Waals surface area contributed by atoms with E-state index < -0.39 is 13.0 Å². The monoisotopic (exact) mass is 292 g/mol. The van der Waals surface area contributed by atoms with Gasteiger partial charge in [0.25, 0.3) is 6.43 Å². The van der Waals surface area contributed by atoms with Crippen LogP contribution >= 0.6 is 11.3 Å². The Balaban J connectivity index is 2.32. The molecular formula is C13H22F2N2OS. The lowest BCUT2D eigenvalue weighted by molar-refractivity contribution is 0.0153. The van der Waals surface area contributed by atoms with Crippen LogP contribution in [0.4, 0.5) is 8.78 Å². The summed E-state index contributed by atoms with van der Waals surface area (Å²) in [5, 5.41) is 3.04. The van der Waals surface area contributed by atoms with E-state index in [1.807, 2.05) is 0 Å². The van der Waals surface area contributed by atoms with Crippen molar-refractivity contribution in [1.82, 2.24) is 4.98 Å². The number of nitrogens with two attached hydrogens (primary N) is 1. The largest absolute Gasteiger partial charge is 0.375 e. The number of hydrogen-bond acceptors (Lipinski definition) is 4. The van der Waals surface area contributed by atoms with Crippen molar-refractivity contribution in [2.75, 3.05) is 13.2 Å². The van der Waals surface area contributed by atoms with Crippen LogP contribution in [0.3, 0.4) is 0 Å². The van der Waals surface area contributed by atoms with Crippen LogP contribution in [0.25, 0.3) is 0 Å². The molecule has 0 aliphatic heterocycles. The lowest BCUT2D eigenvalue weighted by Gasteiger charge is -2.14. The predicted molar refractivity (Wildman–Crippen MR) is 73.9 cm³/mol. The van der Waals surface area contributed by atoms with Gasteiger partial charge in [-0.1, -0.05) is 20.8 Å². The van der Waals surface area contributed by atoms with Gasteiger partial charge in [-0.05, 0) is 6.42 Å². The van der Waals surface area contributed by atoms with E-state index in [1.165, 1.54) is 0 Å². The molecule has 0 aliphatic rings. The highest BCUT2D eigenvalue weighted by Gasteiger charge is 2.18. The highest BCUT2D eigenvalue weighted by molar-refractivity contribution is 7.09. The molecule has 1 aromatic rings. The van der Waals surface area contributed by atoms with Gasteiger partial charge in [-0.15, -0.1) is 11.3 Å². The van der Waals surface area contributed by atoms with Crippen molar-refractivity contribution in [2.24, 2.45) is 5.73 Å². The van der Waals surface area contributed by atoms with Gasteiger partial charge in [0.1, 0.15) is 6.61 Å². The number of halogens is 2. The van der Waals surface area contributed by atoms with Crippen LogP contribution in [0.1, 0.15) is 37.9 Å². The van der Waals surface area contributed by atoms with Gasteiger partial charge in [0.2, 0.25) is 0 Å². The van der Waals surface area contributed by atoms with Crippen molar-refractivity contribution < 1.29 is 13.5 Å². The van der Waals surface area contributed by atoms with E-state index in [2.05, 4.69) is 31.1 Å². The topological polar surface area (TPSA) is 48.1 Å². The van der Waals surface area contributed by atoms with E-state index in [9.17, 15) is 8.78 Å². The second kappa shape index (κ2) is 7.26. The molecule has 0 saturated carbocycles. The third-order valence-corrected chi connectivity index (χ3v) is 3.50. The number of rotatable bonds is 7. The summed E-state index contributed by atoms with van der Waals surface area (Å²) < 4.78 is 28.5. The van der Waals surface area contributed by atoms with E-state index in [0.29, 0.717) is 12.8 Å². The Bertz CT molecular complexity index is 377. The van der Waals surface area contributed by atoms with Gasteiger partial charge in [0, 0.05) is 29.9 Å². The van der Waals surface area contributed by atoms with Crippen LogP contribution < -0.4 is 5.73 Å². The molecule has 3 nitrogen and oxygen atoms in total. The van der Waals surface area contributed by atoms with Crippen molar-refractivity contribution >= 4 is 11.3 Å². The first kappa shape index (κ1) is 16.5. The highest BCUT2D eigenvalue weighted by atomic mass is 32.1. The van der Waals surface area contributed by atoms with Crippen LogP contribution in [-0.2, 0) is 16.6 Å². The zero-order valence-electron chi connectivity index (χ0n) is 11.7. The van der Waals surface area contributed by atoms with E-state index >= 15 is 0 Å². The van der Waals surface area contributed by atoms with E-state index in [-0.39, 0.29) is 18.1 Å². The molecule has 0 aliphatic carbocycles. The van der Waals surface area contributed by atoms with E-state index in [1.54, 1.807) is 11.3 Å². The maximum Gasteiger partial charge on any atom is 0.261 e. The molecule has 0 bridgehead atoms. The van der Waals surface area contributed by atoms with Gasteiger partial charge in [-0.25, -0.2) is 13.8 Å². The summed E-state index contributed by atoms with van der Waals surface area (Å²) in [7, 11) is 0. The van der Waals surface area contributed by atoms with Gasteiger partial charge in [0.05, 0.1) is 10.7 Å². The van der Waals surface area contributed by atoms with E-state index in [4.69, 9.17) is 10.5 Å². The average Bonchev–Trinajstić information content (AvgIpc) is 2.72. The second-order valence-corrected chi connectivity index (χ2v) is 6.54. The molecule has 110 valence electrons. The first-order chi connectivity index (χ1) is 8.79. The fourth-order valence-corrected chi connectivity index (χ4v) is 2.60. The molecule has 19 heavy (non-hydrogen) atoms. The van der Waals surface area contributed by atoms with Gasteiger partial charge < -0.3 is 10.5 Å². The highest BCUT2D eigenvalue weighted by Crippen LogP contribution is 2.24. The van der Waals surface area contributed by atoms with Crippen LogP contribution in [0.15, 0.2) is 5.38 Å². The fourth-order valence-electron chi connectivity index (χ4n) is 1.48. The molecule has 0 saturated heterocycles. The third kappa shape index (κ3) is 6.40. The standard InChI is InChI=1S/C13H22F2N2OS/c1-13(2,3)10-8-19-12(17-10)6-9(16)4-5-18-7-11(14)15/h8-9,11H,4-7,16H2,1-3H3. The number of hydrogen-bond donors (Lipinski definition) is 1. The van der Waals surface area contributed by atoms with Crippen LogP contribution in [0, 0.1) is 0 Å². The molecule has 0 aromatic carbocycles. The second-order valence-electron chi connectivity index (χ2n) is 5.60. The Morgan fingerprint density at radius 3 is 2.63 bits per heavy atom. The van der Waals surface area contributed by atoms with Crippen molar-refractivity contribution in [3.05, 3.63) is 16.1 Å². The number of alkyl halides is 2. The van der Waals surface area contributed by atoms with Gasteiger partial charge in [0.15, 0.2) is 0 Å². The fraction of sp³-hybridized carbons (Fsp3) is 0.769. The number of nitrogens with zero attached hydrogens (tertiary/aromatic N) is 1.